The Morgan fingerprint density at radius 1 is 1.05 bits per heavy atom. The maximum Gasteiger partial charge on any atom is 0.313 e. The molecule has 5 rings (SSSR count). The van der Waals surface area contributed by atoms with E-state index in [0.717, 1.165) is 37.7 Å². The topological polar surface area (TPSA) is 99.6 Å². The molecule has 0 saturated heterocycles. The quantitative estimate of drug-likeness (QED) is 0.138. The van der Waals surface area contributed by atoms with Crippen LogP contribution in [-0.4, -0.2) is 20.8 Å². The number of benzene rings is 3. The monoisotopic (exact) mass is 550 g/mol. The zero-order chi connectivity index (χ0) is 26.6. The van der Waals surface area contributed by atoms with Crippen molar-refractivity contribution >= 4 is 46.0 Å². The van der Waals surface area contributed by atoms with Gasteiger partial charge in [-0.3, -0.25) is 14.9 Å². The summed E-state index contributed by atoms with van der Waals surface area (Å²) in [6, 6.07) is 16.9. The molecular formula is C28H24Cl2N4O4. The molecule has 1 aromatic heterocycles. The Morgan fingerprint density at radius 2 is 1.79 bits per heavy atom. The maximum absolute atomic E-state index is 13.5. The largest absolute Gasteiger partial charge is 0.481 e. The summed E-state index contributed by atoms with van der Waals surface area (Å²) in [7, 11) is 0. The van der Waals surface area contributed by atoms with E-state index in [4.69, 9.17) is 32.9 Å². The molecule has 194 valence electrons. The average molecular weight is 551 g/mol. The standard InChI is InChI=1S/C28H24Cl2N4O4/c29-21-12-10-18(11-13-21)17-38-26-20(14-22(30)15-25(26)34(36)37)16-31-33-27(19-6-2-1-3-7-19)32-24-9-5-4-8-23(24)28(33)35/h4-5,8-16,19H,1-3,6-7,17H2. The SMILES string of the molecule is O=c1c2ccccc2nc(C2CCCCC2)n1N=Cc1cc(Cl)cc([N+](=O)[O-])c1OCc1ccc(Cl)cc1. The number of hydrogen-bond acceptors (Lipinski definition) is 6. The molecule has 1 fully saturated rings. The summed E-state index contributed by atoms with van der Waals surface area (Å²) >= 11 is 12.2. The normalized spacial score (nSPS) is 14.3. The molecule has 0 aliphatic heterocycles. The van der Waals surface area contributed by atoms with E-state index in [0.29, 0.717) is 21.7 Å². The van der Waals surface area contributed by atoms with Gasteiger partial charge in [0.2, 0.25) is 5.75 Å². The zero-order valence-corrected chi connectivity index (χ0v) is 21.9. The van der Waals surface area contributed by atoms with E-state index in [2.05, 4.69) is 5.10 Å². The van der Waals surface area contributed by atoms with Crippen LogP contribution in [0.25, 0.3) is 10.9 Å². The van der Waals surface area contributed by atoms with Crippen LogP contribution < -0.4 is 10.3 Å². The maximum atomic E-state index is 13.5. The Kier molecular flexibility index (Phi) is 7.72. The van der Waals surface area contributed by atoms with Crippen molar-refractivity contribution in [3.05, 3.63) is 108 Å². The molecule has 0 radical (unpaired) electrons. The van der Waals surface area contributed by atoms with Crippen molar-refractivity contribution in [2.45, 2.75) is 44.6 Å². The fourth-order valence-electron chi connectivity index (χ4n) is 4.72. The van der Waals surface area contributed by atoms with Gasteiger partial charge in [0.15, 0.2) is 0 Å². The lowest BCUT2D eigenvalue weighted by Gasteiger charge is -2.22. The number of rotatable bonds is 7. The number of hydrogen-bond donors (Lipinski definition) is 0. The minimum atomic E-state index is -0.558. The van der Waals surface area contributed by atoms with Crippen LogP contribution in [-0.2, 0) is 6.61 Å². The molecule has 0 amide bonds. The Morgan fingerprint density at radius 3 is 2.53 bits per heavy atom. The summed E-state index contributed by atoms with van der Waals surface area (Å²) in [4.78, 5) is 29.6. The second-order valence-electron chi connectivity index (χ2n) is 9.20. The third-order valence-corrected chi connectivity index (χ3v) is 7.09. The summed E-state index contributed by atoms with van der Waals surface area (Å²) in [5.74, 6) is 0.677. The molecule has 4 aromatic rings. The fourth-order valence-corrected chi connectivity index (χ4v) is 5.07. The van der Waals surface area contributed by atoms with E-state index < -0.39 is 4.92 Å². The number of ether oxygens (including phenoxy) is 1. The molecule has 3 aromatic carbocycles. The molecule has 10 heteroatoms. The first-order valence-electron chi connectivity index (χ1n) is 12.3. The Balaban J connectivity index is 1.59. The molecule has 1 aliphatic rings. The molecule has 0 N–H and O–H groups in total. The average Bonchev–Trinajstić information content (AvgIpc) is 2.93. The van der Waals surface area contributed by atoms with Crippen molar-refractivity contribution in [3.8, 4) is 5.75 Å². The lowest BCUT2D eigenvalue weighted by Crippen LogP contribution is -2.25. The molecule has 0 atom stereocenters. The van der Waals surface area contributed by atoms with Gasteiger partial charge in [-0.25, -0.2) is 4.98 Å². The smallest absolute Gasteiger partial charge is 0.313 e. The third kappa shape index (κ3) is 5.56. The molecule has 1 heterocycles. The third-order valence-electron chi connectivity index (χ3n) is 6.62. The van der Waals surface area contributed by atoms with Gasteiger partial charge in [0.05, 0.1) is 22.0 Å². The van der Waals surface area contributed by atoms with Crippen LogP contribution in [0.1, 0.15) is 55.0 Å². The van der Waals surface area contributed by atoms with Crippen molar-refractivity contribution in [2.24, 2.45) is 5.10 Å². The van der Waals surface area contributed by atoms with Gasteiger partial charge in [0, 0.05) is 27.6 Å². The number of halogens is 2. The second-order valence-corrected chi connectivity index (χ2v) is 10.1. The van der Waals surface area contributed by atoms with E-state index in [1.165, 1.54) is 23.0 Å². The van der Waals surface area contributed by atoms with Gasteiger partial charge in [-0.2, -0.15) is 9.78 Å². The van der Waals surface area contributed by atoms with Gasteiger partial charge in [0.1, 0.15) is 12.4 Å². The highest BCUT2D eigenvalue weighted by Gasteiger charge is 2.24. The minimum absolute atomic E-state index is 0.000821. The Labute approximate surface area is 228 Å². The van der Waals surface area contributed by atoms with Crippen molar-refractivity contribution in [2.75, 3.05) is 0 Å². The van der Waals surface area contributed by atoms with Gasteiger partial charge in [-0.1, -0.05) is 66.7 Å². The molecule has 0 spiro atoms. The second kappa shape index (κ2) is 11.3. The highest BCUT2D eigenvalue weighted by atomic mass is 35.5. The van der Waals surface area contributed by atoms with Gasteiger partial charge < -0.3 is 4.74 Å². The number of nitrogens with zero attached hydrogens (tertiary/aromatic N) is 4. The van der Waals surface area contributed by atoms with Gasteiger partial charge >= 0.3 is 5.69 Å². The van der Waals surface area contributed by atoms with Crippen molar-refractivity contribution in [3.63, 3.8) is 0 Å². The summed E-state index contributed by atoms with van der Waals surface area (Å²) in [6.07, 6.45) is 6.47. The first-order chi connectivity index (χ1) is 18.4. The van der Waals surface area contributed by atoms with Crippen LogP contribution in [0.15, 0.2) is 70.6 Å². The Bertz CT molecular complexity index is 1580. The summed E-state index contributed by atoms with van der Waals surface area (Å²) < 4.78 is 7.22. The van der Waals surface area contributed by atoms with Crippen LogP contribution in [0.5, 0.6) is 5.75 Å². The van der Waals surface area contributed by atoms with E-state index in [-0.39, 0.29) is 40.1 Å². The van der Waals surface area contributed by atoms with Crippen LogP contribution in [0.3, 0.4) is 0 Å². The molecule has 1 aliphatic carbocycles. The molecule has 1 saturated carbocycles. The number of aromatic nitrogens is 2. The number of fused-ring (bicyclic) bond motifs is 1. The van der Waals surface area contributed by atoms with Crippen molar-refractivity contribution in [1.82, 2.24) is 9.66 Å². The predicted octanol–water partition coefficient (Wildman–Crippen LogP) is 7.12. The minimum Gasteiger partial charge on any atom is -0.481 e. The molecule has 8 nitrogen and oxygen atoms in total. The van der Waals surface area contributed by atoms with Crippen molar-refractivity contribution in [1.29, 1.82) is 0 Å². The first-order valence-corrected chi connectivity index (χ1v) is 13.1. The van der Waals surface area contributed by atoms with Gasteiger partial charge in [-0.05, 0) is 48.7 Å². The fraction of sp³-hybridized carbons (Fsp3) is 0.250. The molecule has 0 unspecified atom stereocenters. The van der Waals surface area contributed by atoms with Crippen LogP contribution in [0.4, 0.5) is 5.69 Å². The zero-order valence-electron chi connectivity index (χ0n) is 20.3. The van der Waals surface area contributed by atoms with Crippen LogP contribution >= 0.6 is 23.2 Å². The van der Waals surface area contributed by atoms with Crippen LogP contribution in [0.2, 0.25) is 10.0 Å². The van der Waals surface area contributed by atoms with E-state index in [1.807, 2.05) is 12.1 Å². The number of para-hydroxylation sites is 1. The lowest BCUT2D eigenvalue weighted by atomic mass is 9.88. The number of nitro benzene ring substituents is 1. The molecule has 38 heavy (non-hydrogen) atoms. The van der Waals surface area contributed by atoms with E-state index >= 15 is 0 Å². The molecular weight excluding hydrogens is 527 g/mol. The predicted molar refractivity (Wildman–Crippen MR) is 149 cm³/mol. The van der Waals surface area contributed by atoms with Gasteiger partial charge in [0.25, 0.3) is 5.56 Å². The van der Waals surface area contributed by atoms with Crippen LogP contribution in [0, 0.1) is 10.1 Å². The Hall–Kier alpha value is -3.75. The molecule has 0 bridgehead atoms. The number of nitro groups is 1. The van der Waals surface area contributed by atoms with E-state index in [1.54, 1.807) is 36.4 Å². The van der Waals surface area contributed by atoms with Gasteiger partial charge in [-0.15, -0.1) is 0 Å². The highest BCUT2D eigenvalue weighted by Crippen LogP contribution is 2.35. The lowest BCUT2D eigenvalue weighted by molar-refractivity contribution is -0.385. The van der Waals surface area contributed by atoms with E-state index in [9.17, 15) is 14.9 Å². The summed E-state index contributed by atoms with van der Waals surface area (Å²) in [6.45, 7) is 0.0608. The highest BCUT2D eigenvalue weighted by molar-refractivity contribution is 6.31. The first kappa shape index (κ1) is 25.9. The summed E-state index contributed by atoms with van der Waals surface area (Å²) in [5.41, 5.74) is 1.07. The van der Waals surface area contributed by atoms with Crippen molar-refractivity contribution < 1.29 is 9.66 Å². The summed E-state index contributed by atoms with van der Waals surface area (Å²) in [5, 5.41) is 17.5.